The van der Waals surface area contributed by atoms with E-state index in [2.05, 4.69) is 0 Å². The maximum Gasteiger partial charge on any atom is 0.305 e. The predicted molar refractivity (Wildman–Crippen MR) is 79.6 cm³/mol. The molecule has 1 N–H and O–H groups in total. The number of carboxylic acid groups (broad SMARTS) is 1. The summed E-state index contributed by atoms with van der Waals surface area (Å²) < 4.78 is 10.4. The van der Waals surface area contributed by atoms with Crippen LogP contribution in [0.2, 0.25) is 0 Å². The van der Waals surface area contributed by atoms with Gasteiger partial charge in [-0.25, -0.2) is 0 Å². The molecule has 1 aromatic carbocycles. The third-order valence-corrected chi connectivity index (χ3v) is 3.87. The Balaban J connectivity index is 2.18. The Bertz CT molecular complexity index is 545. The molecule has 2 atom stereocenters. The number of aliphatic carboxylic acids is 1. The number of hydrogen-bond acceptors (Lipinski definition) is 4. The first-order chi connectivity index (χ1) is 10.5. The molecule has 1 aliphatic rings. The highest BCUT2D eigenvalue weighted by molar-refractivity contribution is 5.95. The van der Waals surface area contributed by atoms with Gasteiger partial charge in [0.15, 0.2) is 0 Å². The Hall–Kier alpha value is -1.92. The average molecular weight is 307 g/mol. The lowest BCUT2D eigenvalue weighted by Crippen LogP contribution is -2.37. The second-order valence-electron chi connectivity index (χ2n) is 5.44. The van der Waals surface area contributed by atoms with Crippen molar-refractivity contribution in [3.05, 3.63) is 35.4 Å². The third kappa shape index (κ3) is 3.84. The summed E-state index contributed by atoms with van der Waals surface area (Å²) in [7, 11) is 3.18. The minimum Gasteiger partial charge on any atom is -0.481 e. The van der Waals surface area contributed by atoms with Crippen LogP contribution < -0.4 is 0 Å². The first-order valence-corrected chi connectivity index (χ1v) is 7.18. The van der Waals surface area contributed by atoms with Crippen LogP contribution in [0.4, 0.5) is 0 Å². The summed E-state index contributed by atoms with van der Waals surface area (Å²) in [5, 5.41) is 9.02. The first-order valence-electron chi connectivity index (χ1n) is 7.18. The number of carbonyl (C=O) groups is 2. The van der Waals surface area contributed by atoms with Crippen molar-refractivity contribution < 1.29 is 24.2 Å². The van der Waals surface area contributed by atoms with Gasteiger partial charge in [-0.05, 0) is 24.1 Å². The zero-order chi connectivity index (χ0) is 16.1. The molecule has 2 rings (SSSR count). The fourth-order valence-electron chi connectivity index (χ4n) is 2.81. The van der Waals surface area contributed by atoms with Crippen LogP contribution in [0.3, 0.4) is 0 Å². The molecule has 1 fully saturated rings. The van der Waals surface area contributed by atoms with Gasteiger partial charge in [0.05, 0.1) is 19.1 Å². The van der Waals surface area contributed by atoms with Crippen molar-refractivity contribution in [2.24, 2.45) is 0 Å². The molecule has 0 radical (unpaired) electrons. The smallest absolute Gasteiger partial charge is 0.305 e. The number of rotatable bonds is 6. The van der Waals surface area contributed by atoms with Gasteiger partial charge in [-0.3, -0.25) is 9.59 Å². The molecule has 6 nitrogen and oxygen atoms in total. The molecule has 0 spiro atoms. The molecule has 0 aromatic heterocycles. The summed E-state index contributed by atoms with van der Waals surface area (Å²) in [4.78, 5) is 25.3. The van der Waals surface area contributed by atoms with Crippen molar-refractivity contribution in [3.8, 4) is 0 Å². The second kappa shape index (κ2) is 7.38. The van der Waals surface area contributed by atoms with E-state index in [-0.39, 0.29) is 24.5 Å². The molecule has 1 saturated heterocycles. The number of carbonyl (C=O) groups excluding carboxylic acids is 1. The van der Waals surface area contributed by atoms with E-state index in [4.69, 9.17) is 14.6 Å². The fraction of sp³-hybridized carbons (Fsp3) is 0.500. The lowest BCUT2D eigenvalue weighted by molar-refractivity contribution is -0.137. The predicted octanol–water partition coefficient (Wildman–Crippen LogP) is 1.54. The Morgan fingerprint density at radius 2 is 2.14 bits per heavy atom. The molecular formula is C16H21NO5. The number of methoxy groups -OCH3 is 2. The van der Waals surface area contributed by atoms with Crippen LogP contribution in [0.15, 0.2) is 24.3 Å². The summed E-state index contributed by atoms with van der Waals surface area (Å²) in [6.07, 6.45) is 0.366. The molecule has 1 aliphatic heterocycles. The van der Waals surface area contributed by atoms with E-state index in [0.717, 1.165) is 5.56 Å². The number of benzene rings is 1. The second-order valence-corrected chi connectivity index (χ2v) is 5.44. The van der Waals surface area contributed by atoms with Crippen molar-refractivity contribution in [1.82, 2.24) is 4.90 Å². The molecule has 0 saturated carbocycles. The zero-order valence-corrected chi connectivity index (χ0v) is 12.8. The quantitative estimate of drug-likeness (QED) is 0.862. The highest BCUT2D eigenvalue weighted by Crippen LogP contribution is 2.25. The van der Waals surface area contributed by atoms with Crippen molar-refractivity contribution in [3.63, 3.8) is 0 Å². The van der Waals surface area contributed by atoms with Gasteiger partial charge in [0.2, 0.25) is 0 Å². The summed E-state index contributed by atoms with van der Waals surface area (Å²) in [5.41, 5.74) is 1.45. The number of amides is 1. The van der Waals surface area contributed by atoms with Crippen LogP contribution in [0.1, 0.15) is 28.8 Å². The highest BCUT2D eigenvalue weighted by atomic mass is 16.5. The van der Waals surface area contributed by atoms with E-state index in [0.29, 0.717) is 25.1 Å². The Morgan fingerprint density at radius 3 is 2.77 bits per heavy atom. The monoisotopic (exact) mass is 307 g/mol. The number of likely N-dealkylation sites (tertiary alicyclic amines) is 1. The summed E-state index contributed by atoms with van der Waals surface area (Å²) in [6, 6.07) is 6.87. The van der Waals surface area contributed by atoms with E-state index in [1.807, 2.05) is 6.07 Å². The highest BCUT2D eigenvalue weighted by Gasteiger charge is 2.36. The molecule has 22 heavy (non-hydrogen) atoms. The van der Waals surface area contributed by atoms with Crippen molar-refractivity contribution in [2.45, 2.75) is 31.6 Å². The van der Waals surface area contributed by atoms with Gasteiger partial charge < -0.3 is 19.5 Å². The molecule has 6 heteroatoms. The van der Waals surface area contributed by atoms with Crippen LogP contribution in [-0.2, 0) is 20.9 Å². The lowest BCUT2D eigenvalue weighted by atomic mass is 10.1. The Kier molecular flexibility index (Phi) is 5.51. The standard InChI is InChI=1S/C16H21NO5/c1-21-10-11-4-3-5-12(6-11)16(20)17-9-14(22-2)7-13(17)8-15(18)19/h3-6,13-14H,7-10H2,1-2H3,(H,18,19). The van der Waals surface area contributed by atoms with Crippen molar-refractivity contribution >= 4 is 11.9 Å². The maximum atomic E-state index is 12.7. The van der Waals surface area contributed by atoms with Crippen LogP contribution in [0.25, 0.3) is 0 Å². The van der Waals surface area contributed by atoms with Crippen LogP contribution in [-0.4, -0.2) is 54.8 Å². The molecule has 1 aromatic rings. The summed E-state index contributed by atoms with van der Waals surface area (Å²) in [6.45, 7) is 0.849. The topological polar surface area (TPSA) is 76.1 Å². The van der Waals surface area contributed by atoms with Gasteiger partial charge in [-0.2, -0.15) is 0 Å². The minimum absolute atomic E-state index is 0.0661. The van der Waals surface area contributed by atoms with Crippen molar-refractivity contribution in [2.75, 3.05) is 20.8 Å². The summed E-state index contributed by atoms with van der Waals surface area (Å²) in [5.74, 6) is -1.07. The number of hydrogen-bond donors (Lipinski definition) is 1. The van der Waals surface area contributed by atoms with Gasteiger partial charge in [0.25, 0.3) is 5.91 Å². The number of ether oxygens (including phenoxy) is 2. The van der Waals surface area contributed by atoms with Gasteiger partial charge in [0, 0.05) is 32.4 Å². The molecule has 0 bridgehead atoms. The lowest BCUT2D eigenvalue weighted by Gasteiger charge is -2.23. The fourth-order valence-corrected chi connectivity index (χ4v) is 2.81. The number of nitrogens with zero attached hydrogens (tertiary/aromatic N) is 1. The Morgan fingerprint density at radius 1 is 1.36 bits per heavy atom. The largest absolute Gasteiger partial charge is 0.481 e. The van der Waals surface area contributed by atoms with Gasteiger partial charge in [-0.15, -0.1) is 0 Å². The van der Waals surface area contributed by atoms with E-state index >= 15 is 0 Å². The van der Waals surface area contributed by atoms with E-state index in [1.165, 1.54) is 0 Å². The van der Waals surface area contributed by atoms with Crippen LogP contribution >= 0.6 is 0 Å². The maximum absolute atomic E-state index is 12.7. The Labute approximate surface area is 129 Å². The molecule has 0 aliphatic carbocycles. The normalized spacial score (nSPS) is 21.1. The molecule has 120 valence electrons. The number of carboxylic acids is 1. The van der Waals surface area contributed by atoms with E-state index in [1.54, 1.807) is 37.3 Å². The zero-order valence-electron chi connectivity index (χ0n) is 12.8. The summed E-state index contributed by atoms with van der Waals surface area (Å²) >= 11 is 0. The SMILES string of the molecule is COCc1cccc(C(=O)N2CC(OC)CC2CC(=O)O)c1. The first kappa shape index (κ1) is 16.5. The van der Waals surface area contributed by atoms with Crippen molar-refractivity contribution in [1.29, 1.82) is 0 Å². The van der Waals surface area contributed by atoms with Gasteiger partial charge >= 0.3 is 5.97 Å². The molecule has 1 heterocycles. The molecule has 1 amide bonds. The average Bonchev–Trinajstić information content (AvgIpc) is 2.89. The van der Waals surface area contributed by atoms with E-state index in [9.17, 15) is 9.59 Å². The van der Waals surface area contributed by atoms with Gasteiger partial charge in [-0.1, -0.05) is 12.1 Å². The molecular weight excluding hydrogens is 286 g/mol. The van der Waals surface area contributed by atoms with Gasteiger partial charge in [0.1, 0.15) is 0 Å². The minimum atomic E-state index is -0.910. The van der Waals surface area contributed by atoms with Crippen LogP contribution in [0, 0.1) is 0 Å². The molecule has 2 unspecified atom stereocenters. The van der Waals surface area contributed by atoms with E-state index < -0.39 is 5.97 Å². The van der Waals surface area contributed by atoms with Crippen LogP contribution in [0.5, 0.6) is 0 Å². The third-order valence-electron chi connectivity index (χ3n) is 3.87.